The van der Waals surface area contributed by atoms with E-state index in [-0.39, 0.29) is 5.91 Å². The summed E-state index contributed by atoms with van der Waals surface area (Å²) in [5.41, 5.74) is 3.80. The topological polar surface area (TPSA) is 90.5 Å². The van der Waals surface area contributed by atoms with Crippen molar-refractivity contribution in [3.8, 4) is 11.4 Å². The summed E-state index contributed by atoms with van der Waals surface area (Å²) < 4.78 is 3.36. The van der Waals surface area contributed by atoms with E-state index in [2.05, 4.69) is 25.9 Å². The van der Waals surface area contributed by atoms with Crippen molar-refractivity contribution >= 4 is 5.91 Å². The second kappa shape index (κ2) is 7.61. The molecular formula is C19H17N7O. The Hall–Kier alpha value is -3.81. The number of benzene rings is 2. The van der Waals surface area contributed by atoms with Crippen molar-refractivity contribution in [3.63, 3.8) is 0 Å². The highest BCUT2D eigenvalue weighted by molar-refractivity contribution is 5.78. The first-order chi connectivity index (χ1) is 13.3. The minimum absolute atomic E-state index is 0.0266. The van der Waals surface area contributed by atoms with Crippen molar-refractivity contribution in [1.29, 1.82) is 0 Å². The molecule has 8 heteroatoms. The van der Waals surface area contributed by atoms with E-state index < -0.39 is 0 Å². The van der Waals surface area contributed by atoms with Crippen LogP contribution in [0.2, 0.25) is 0 Å². The number of nitrogens with one attached hydrogen (secondary N) is 1. The van der Waals surface area contributed by atoms with E-state index in [0.29, 0.717) is 13.0 Å². The highest BCUT2D eigenvalue weighted by atomic mass is 16.1. The summed E-state index contributed by atoms with van der Waals surface area (Å²) in [6.07, 6.45) is 5.48. The van der Waals surface area contributed by atoms with Crippen LogP contribution in [0.3, 0.4) is 0 Å². The molecule has 1 N–H and O–H groups in total. The van der Waals surface area contributed by atoms with Crippen LogP contribution in [0.1, 0.15) is 11.1 Å². The van der Waals surface area contributed by atoms with Gasteiger partial charge in [0.15, 0.2) is 0 Å². The molecule has 8 nitrogen and oxygen atoms in total. The smallest absolute Gasteiger partial charge is 0.224 e. The molecular weight excluding hydrogens is 342 g/mol. The van der Waals surface area contributed by atoms with Crippen LogP contribution in [0.5, 0.6) is 0 Å². The number of carbonyl (C=O) groups is 1. The summed E-state index contributed by atoms with van der Waals surface area (Å²) in [5, 5.41) is 18.2. The molecule has 0 bridgehead atoms. The molecule has 0 aliphatic rings. The van der Waals surface area contributed by atoms with Crippen molar-refractivity contribution < 1.29 is 4.79 Å². The lowest BCUT2D eigenvalue weighted by Crippen LogP contribution is -2.24. The fourth-order valence-corrected chi connectivity index (χ4v) is 2.68. The molecule has 0 radical (unpaired) electrons. The highest BCUT2D eigenvalue weighted by Crippen LogP contribution is 2.10. The zero-order valence-electron chi connectivity index (χ0n) is 14.4. The monoisotopic (exact) mass is 359 g/mol. The summed E-state index contributed by atoms with van der Waals surface area (Å²) in [6.45, 7) is 0.487. The number of amides is 1. The normalized spacial score (nSPS) is 10.7. The molecule has 0 saturated carbocycles. The van der Waals surface area contributed by atoms with Crippen molar-refractivity contribution in [2.24, 2.45) is 0 Å². The van der Waals surface area contributed by atoms with E-state index in [4.69, 9.17) is 0 Å². The summed E-state index contributed by atoms with van der Waals surface area (Å²) in [5.74, 6) is -0.0266. The van der Waals surface area contributed by atoms with E-state index in [1.54, 1.807) is 15.6 Å². The fraction of sp³-hybridized carbons (Fsp3) is 0.105. The Labute approximate surface area is 155 Å². The molecule has 2 heterocycles. The molecule has 0 fully saturated rings. The van der Waals surface area contributed by atoms with Crippen LogP contribution in [0.15, 0.2) is 73.3 Å². The largest absolute Gasteiger partial charge is 0.352 e. The average Bonchev–Trinajstić information content (AvgIpc) is 3.41. The Kier molecular flexibility index (Phi) is 4.69. The summed E-state index contributed by atoms with van der Waals surface area (Å²) >= 11 is 0. The molecule has 0 aliphatic carbocycles. The minimum Gasteiger partial charge on any atom is -0.352 e. The maximum Gasteiger partial charge on any atom is 0.224 e. The molecule has 0 saturated heterocycles. The number of hydrogen-bond donors (Lipinski definition) is 1. The third-order valence-corrected chi connectivity index (χ3v) is 4.11. The number of hydrogen-bond acceptors (Lipinski definition) is 5. The van der Waals surface area contributed by atoms with Crippen LogP contribution in [0, 0.1) is 0 Å². The summed E-state index contributed by atoms with van der Waals surface area (Å²) in [7, 11) is 0. The molecule has 134 valence electrons. The van der Waals surface area contributed by atoms with Crippen LogP contribution < -0.4 is 5.32 Å². The molecule has 0 spiro atoms. The average molecular weight is 359 g/mol. The van der Waals surface area contributed by atoms with Gasteiger partial charge in [0.25, 0.3) is 0 Å². The summed E-state index contributed by atoms with van der Waals surface area (Å²) in [4.78, 5) is 12.2. The first-order valence-electron chi connectivity index (χ1n) is 8.46. The zero-order chi connectivity index (χ0) is 18.5. The van der Waals surface area contributed by atoms with Gasteiger partial charge in [0.05, 0.1) is 17.8 Å². The number of tetrazole rings is 1. The van der Waals surface area contributed by atoms with Gasteiger partial charge in [0.1, 0.15) is 6.33 Å². The Bertz CT molecular complexity index is 991. The lowest BCUT2D eigenvalue weighted by Gasteiger charge is -2.07. The maximum absolute atomic E-state index is 12.2. The first-order valence-corrected chi connectivity index (χ1v) is 8.46. The summed E-state index contributed by atoms with van der Waals surface area (Å²) in [6, 6.07) is 17.4. The van der Waals surface area contributed by atoms with Crippen molar-refractivity contribution in [2.75, 3.05) is 0 Å². The third kappa shape index (κ3) is 4.06. The maximum atomic E-state index is 12.2. The SMILES string of the molecule is O=C(Cc1ccc(-n2cnnn2)cc1)NCc1ccc(-n2cccn2)cc1. The molecule has 0 atom stereocenters. The van der Waals surface area contributed by atoms with Crippen molar-refractivity contribution in [1.82, 2.24) is 35.3 Å². The Morgan fingerprint density at radius 3 is 2.26 bits per heavy atom. The van der Waals surface area contributed by atoms with Crippen LogP contribution in [0.4, 0.5) is 0 Å². The highest BCUT2D eigenvalue weighted by Gasteiger charge is 2.05. The van der Waals surface area contributed by atoms with Crippen molar-refractivity contribution in [2.45, 2.75) is 13.0 Å². The van der Waals surface area contributed by atoms with Crippen LogP contribution in [-0.4, -0.2) is 35.9 Å². The number of aromatic nitrogens is 6. The Morgan fingerprint density at radius 1 is 0.926 bits per heavy atom. The molecule has 4 aromatic rings. The van der Waals surface area contributed by atoms with Gasteiger partial charge in [-0.1, -0.05) is 24.3 Å². The van der Waals surface area contributed by atoms with Gasteiger partial charge in [0, 0.05) is 18.9 Å². The fourth-order valence-electron chi connectivity index (χ4n) is 2.68. The first kappa shape index (κ1) is 16.6. The van der Waals surface area contributed by atoms with Gasteiger partial charge in [-0.2, -0.15) is 5.10 Å². The predicted molar refractivity (Wildman–Crippen MR) is 98.3 cm³/mol. The van der Waals surface area contributed by atoms with E-state index in [1.807, 2.05) is 60.8 Å². The van der Waals surface area contributed by atoms with Crippen LogP contribution >= 0.6 is 0 Å². The molecule has 27 heavy (non-hydrogen) atoms. The van der Waals surface area contributed by atoms with Gasteiger partial charge < -0.3 is 5.32 Å². The van der Waals surface area contributed by atoms with Crippen LogP contribution in [0.25, 0.3) is 11.4 Å². The second-order valence-electron chi connectivity index (χ2n) is 5.99. The van der Waals surface area contributed by atoms with Gasteiger partial charge in [-0.3, -0.25) is 4.79 Å². The predicted octanol–water partition coefficient (Wildman–Crippen LogP) is 1.71. The molecule has 0 unspecified atom stereocenters. The van der Waals surface area contributed by atoms with E-state index in [9.17, 15) is 4.79 Å². The third-order valence-electron chi connectivity index (χ3n) is 4.11. The number of nitrogens with zero attached hydrogens (tertiary/aromatic N) is 6. The van der Waals surface area contributed by atoms with Crippen LogP contribution in [-0.2, 0) is 17.8 Å². The van der Waals surface area contributed by atoms with E-state index in [0.717, 1.165) is 22.5 Å². The van der Waals surface area contributed by atoms with Gasteiger partial charge >= 0.3 is 0 Å². The van der Waals surface area contributed by atoms with Gasteiger partial charge in [-0.25, -0.2) is 9.36 Å². The molecule has 2 aromatic carbocycles. The molecule has 2 aromatic heterocycles. The van der Waals surface area contributed by atoms with Gasteiger partial charge in [0.2, 0.25) is 5.91 Å². The number of carbonyl (C=O) groups excluding carboxylic acids is 1. The zero-order valence-corrected chi connectivity index (χ0v) is 14.4. The quantitative estimate of drug-likeness (QED) is 0.566. The second-order valence-corrected chi connectivity index (χ2v) is 5.99. The Balaban J connectivity index is 1.30. The minimum atomic E-state index is -0.0266. The lowest BCUT2D eigenvalue weighted by atomic mass is 10.1. The van der Waals surface area contributed by atoms with E-state index >= 15 is 0 Å². The standard InChI is InChI=1S/C19H17N7O/c27-19(12-15-2-6-18(7-3-15)26-14-21-23-24-26)20-13-16-4-8-17(9-5-16)25-11-1-10-22-25/h1-11,14H,12-13H2,(H,20,27). The molecule has 0 aliphatic heterocycles. The van der Waals surface area contributed by atoms with Gasteiger partial charge in [-0.15, -0.1) is 5.10 Å². The van der Waals surface area contributed by atoms with E-state index in [1.165, 1.54) is 6.33 Å². The van der Waals surface area contributed by atoms with Gasteiger partial charge in [-0.05, 0) is 51.9 Å². The lowest BCUT2D eigenvalue weighted by molar-refractivity contribution is -0.120. The number of rotatable bonds is 6. The Morgan fingerprint density at radius 2 is 1.63 bits per heavy atom. The molecule has 1 amide bonds. The molecule has 4 rings (SSSR count). The van der Waals surface area contributed by atoms with Crippen molar-refractivity contribution in [3.05, 3.63) is 84.4 Å².